The number of piperidine rings is 1. The van der Waals surface area contributed by atoms with Gasteiger partial charge in [-0.05, 0) is 50.5 Å². The van der Waals surface area contributed by atoms with Crippen molar-refractivity contribution in [3.05, 3.63) is 46.2 Å². The van der Waals surface area contributed by atoms with Crippen LogP contribution in [-0.2, 0) is 23.6 Å². The van der Waals surface area contributed by atoms with E-state index >= 15 is 0 Å². The number of nitrogens with zero attached hydrogens (tertiary/aromatic N) is 4. The molecule has 1 saturated heterocycles. The van der Waals surface area contributed by atoms with Crippen LogP contribution in [0.4, 0.5) is 5.95 Å². The molecule has 1 aliphatic heterocycles. The van der Waals surface area contributed by atoms with Crippen LogP contribution in [0.25, 0.3) is 11.1 Å². The van der Waals surface area contributed by atoms with Crippen LogP contribution in [0.3, 0.4) is 0 Å². The smallest absolute Gasteiger partial charge is 0.408 e. The fourth-order valence-corrected chi connectivity index (χ4v) is 4.49. The zero-order valence-corrected chi connectivity index (χ0v) is 17.2. The van der Waals surface area contributed by atoms with Crippen LogP contribution in [0.2, 0.25) is 0 Å². The van der Waals surface area contributed by atoms with Gasteiger partial charge in [0.05, 0.1) is 22.7 Å². The van der Waals surface area contributed by atoms with Crippen LogP contribution in [0.1, 0.15) is 30.7 Å². The standard InChI is InChI=1S/C19H23N5O4S/c1-13-10-14(22-18(21-13)24-8-4-3-5-9-24)12-20-29(26,27)15-6-7-17-16(11-15)23(2)19(25)28-17/h6-7,10-11,20H,3-5,8-9,12H2,1-2H3. The summed E-state index contributed by atoms with van der Waals surface area (Å²) in [4.78, 5) is 22.9. The van der Waals surface area contributed by atoms with Crippen molar-refractivity contribution < 1.29 is 12.8 Å². The topological polar surface area (TPSA) is 110 Å². The summed E-state index contributed by atoms with van der Waals surface area (Å²) >= 11 is 0. The molecule has 1 aliphatic rings. The van der Waals surface area contributed by atoms with Gasteiger partial charge in [-0.1, -0.05) is 0 Å². The molecule has 0 saturated carbocycles. The Bertz CT molecular complexity index is 1210. The lowest BCUT2D eigenvalue weighted by Crippen LogP contribution is -2.32. The van der Waals surface area contributed by atoms with Gasteiger partial charge in [-0.3, -0.25) is 4.57 Å². The number of benzene rings is 1. The first-order valence-electron chi connectivity index (χ1n) is 9.52. The lowest BCUT2D eigenvalue weighted by molar-refractivity contribution is 0.528. The van der Waals surface area contributed by atoms with Crippen molar-refractivity contribution in [3.63, 3.8) is 0 Å². The molecule has 9 nitrogen and oxygen atoms in total. The SMILES string of the molecule is Cc1cc(CNS(=O)(=O)c2ccc3oc(=O)n(C)c3c2)nc(N2CCCCC2)n1. The van der Waals surface area contributed by atoms with E-state index in [-0.39, 0.29) is 11.4 Å². The van der Waals surface area contributed by atoms with Crippen LogP contribution in [0.15, 0.2) is 38.4 Å². The Morgan fingerprint density at radius 1 is 1.14 bits per heavy atom. The van der Waals surface area contributed by atoms with Gasteiger partial charge in [-0.15, -0.1) is 0 Å². The molecule has 4 rings (SSSR count). The fraction of sp³-hybridized carbons (Fsp3) is 0.421. The summed E-state index contributed by atoms with van der Waals surface area (Å²) in [5.74, 6) is 0.109. The van der Waals surface area contributed by atoms with E-state index in [1.807, 2.05) is 6.92 Å². The number of anilines is 1. The second kappa shape index (κ2) is 7.60. The van der Waals surface area contributed by atoms with Gasteiger partial charge in [0.25, 0.3) is 0 Å². The molecule has 29 heavy (non-hydrogen) atoms. The molecule has 154 valence electrons. The number of fused-ring (bicyclic) bond motifs is 1. The summed E-state index contributed by atoms with van der Waals surface area (Å²) in [6, 6.07) is 6.10. The van der Waals surface area contributed by atoms with Crippen molar-refractivity contribution in [2.24, 2.45) is 7.05 Å². The third-order valence-corrected chi connectivity index (χ3v) is 6.45. The van der Waals surface area contributed by atoms with E-state index in [1.165, 1.54) is 36.2 Å². The monoisotopic (exact) mass is 417 g/mol. The molecule has 1 fully saturated rings. The third kappa shape index (κ3) is 4.03. The molecule has 1 N–H and O–H groups in total. The number of oxazole rings is 1. The van der Waals surface area contributed by atoms with Gasteiger partial charge in [0.15, 0.2) is 5.58 Å². The molecule has 3 aromatic rings. The van der Waals surface area contributed by atoms with Gasteiger partial charge in [0.2, 0.25) is 16.0 Å². The Morgan fingerprint density at radius 2 is 1.90 bits per heavy atom. The molecule has 3 heterocycles. The number of aromatic nitrogens is 3. The van der Waals surface area contributed by atoms with Gasteiger partial charge in [-0.2, -0.15) is 0 Å². The lowest BCUT2D eigenvalue weighted by Gasteiger charge is -2.27. The lowest BCUT2D eigenvalue weighted by atomic mass is 10.1. The van der Waals surface area contributed by atoms with Crippen molar-refractivity contribution in [1.82, 2.24) is 19.3 Å². The quantitative estimate of drug-likeness (QED) is 0.673. The fourth-order valence-electron chi connectivity index (χ4n) is 3.47. The summed E-state index contributed by atoms with van der Waals surface area (Å²) in [6.07, 6.45) is 3.43. The highest BCUT2D eigenvalue weighted by atomic mass is 32.2. The summed E-state index contributed by atoms with van der Waals surface area (Å²) < 4.78 is 34.4. The van der Waals surface area contributed by atoms with Crippen molar-refractivity contribution in [1.29, 1.82) is 0 Å². The van der Waals surface area contributed by atoms with E-state index in [0.717, 1.165) is 31.6 Å². The molecule has 0 atom stereocenters. The number of rotatable bonds is 5. The first-order valence-corrected chi connectivity index (χ1v) is 11.0. The van der Waals surface area contributed by atoms with E-state index < -0.39 is 15.8 Å². The summed E-state index contributed by atoms with van der Waals surface area (Å²) in [5.41, 5.74) is 2.17. The molecule has 0 amide bonds. The highest BCUT2D eigenvalue weighted by Crippen LogP contribution is 2.19. The molecular weight excluding hydrogens is 394 g/mol. The van der Waals surface area contributed by atoms with E-state index in [4.69, 9.17) is 4.42 Å². The number of hydrogen-bond acceptors (Lipinski definition) is 7. The minimum atomic E-state index is -3.79. The molecule has 0 unspecified atom stereocenters. The van der Waals surface area contributed by atoms with Crippen LogP contribution >= 0.6 is 0 Å². The molecule has 0 aliphatic carbocycles. The number of nitrogens with one attached hydrogen (secondary N) is 1. The Labute approximate surface area is 168 Å². The van der Waals surface area contributed by atoms with Gasteiger partial charge in [-0.25, -0.2) is 27.9 Å². The van der Waals surface area contributed by atoms with Gasteiger partial charge < -0.3 is 9.32 Å². The normalized spacial score (nSPS) is 15.2. The first kappa shape index (κ1) is 19.6. The van der Waals surface area contributed by atoms with Crippen LogP contribution in [-0.4, -0.2) is 36.0 Å². The second-order valence-corrected chi connectivity index (χ2v) is 9.00. The Kier molecular flexibility index (Phi) is 5.13. The maximum Gasteiger partial charge on any atom is 0.419 e. The van der Waals surface area contributed by atoms with Crippen molar-refractivity contribution in [2.75, 3.05) is 18.0 Å². The predicted molar refractivity (Wildman–Crippen MR) is 108 cm³/mol. The number of aryl methyl sites for hydroxylation is 2. The molecule has 1 aromatic carbocycles. The average Bonchev–Trinajstić information content (AvgIpc) is 3.00. The van der Waals surface area contributed by atoms with E-state index in [9.17, 15) is 13.2 Å². The third-order valence-electron chi connectivity index (χ3n) is 5.05. The molecule has 0 spiro atoms. The molecule has 10 heteroatoms. The number of sulfonamides is 1. The highest BCUT2D eigenvalue weighted by molar-refractivity contribution is 7.89. The van der Waals surface area contributed by atoms with Crippen molar-refractivity contribution >= 4 is 27.1 Å². The van der Waals surface area contributed by atoms with Crippen LogP contribution in [0.5, 0.6) is 0 Å². The van der Waals surface area contributed by atoms with Gasteiger partial charge in [0.1, 0.15) is 0 Å². The first-order chi connectivity index (χ1) is 13.8. The zero-order valence-electron chi connectivity index (χ0n) is 16.4. The molecule has 0 radical (unpaired) electrons. The van der Waals surface area contributed by atoms with Gasteiger partial charge in [0, 0.05) is 25.8 Å². The predicted octanol–water partition coefficient (Wildman–Crippen LogP) is 1.70. The largest absolute Gasteiger partial charge is 0.419 e. The molecule has 0 bridgehead atoms. The average molecular weight is 417 g/mol. The Hall–Kier alpha value is -2.72. The Morgan fingerprint density at radius 3 is 2.66 bits per heavy atom. The van der Waals surface area contributed by atoms with Crippen LogP contribution in [0, 0.1) is 6.92 Å². The number of hydrogen-bond donors (Lipinski definition) is 1. The van der Waals surface area contributed by atoms with Crippen LogP contribution < -0.4 is 15.4 Å². The minimum Gasteiger partial charge on any atom is -0.408 e. The van der Waals surface area contributed by atoms with Crippen molar-refractivity contribution in [3.8, 4) is 0 Å². The molecule has 2 aromatic heterocycles. The van der Waals surface area contributed by atoms with E-state index in [1.54, 1.807) is 6.07 Å². The maximum atomic E-state index is 12.8. The summed E-state index contributed by atoms with van der Waals surface area (Å²) in [6.45, 7) is 3.76. The van der Waals surface area contributed by atoms with Gasteiger partial charge >= 0.3 is 5.76 Å². The highest BCUT2D eigenvalue weighted by Gasteiger charge is 2.19. The maximum absolute atomic E-state index is 12.8. The second-order valence-electron chi connectivity index (χ2n) is 7.23. The zero-order chi connectivity index (χ0) is 20.6. The Balaban J connectivity index is 1.55. The summed E-state index contributed by atoms with van der Waals surface area (Å²) in [7, 11) is -2.26. The van der Waals surface area contributed by atoms with E-state index in [2.05, 4.69) is 19.6 Å². The van der Waals surface area contributed by atoms with E-state index in [0.29, 0.717) is 22.7 Å². The minimum absolute atomic E-state index is 0.0505. The summed E-state index contributed by atoms with van der Waals surface area (Å²) in [5, 5.41) is 0. The molecular formula is C19H23N5O4S. The van der Waals surface area contributed by atoms with Crippen molar-refractivity contribution in [2.45, 2.75) is 37.6 Å².